The van der Waals surface area contributed by atoms with E-state index in [0.717, 1.165) is 36.7 Å². The van der Waals surface area contributed by atoms with Crippen molar-refractivity contribution in [2.24, 2.45) is 11.7 Å². The van der Waals surface area contributed by atoms with Crippen LogP contribution in [0.25, 0.3) is 0 Å². The lowest BCUT2D eigenvalue weighted by Crippen LogP contribution is -2.44. The van der Waals surface area contributed by atoms with Crippen LogP contribution in [0.1, 0.15) is 39.0 Å². The van der Waals surface area contributed by atoms with Crippen LogP contribution in [0.15, 0.2) is 24.3 Å². The maximum absolute atomic E-state index is 6.43. The summed E-state index contributed by atoms with van der Waals surface area (Å²) in [6.45, 7) is 3.00. The molecular weight excluding hydrogens is 238 g/mol. The zero-order valence-electron chi connectivity index (χ0n) is 12.0. The Bertz CT molecular complexity index is 380. The van der Waals surface area contributed by atoms with Crippen LogP contribution in [-0.4, -0.2) is 19.3 Å². The summed E-state index contributed by atoms with van der Waals surface area (Å²) < 4.78 is 10.9. The third kappa shape index (κ3) is 4.13. The second kappa shape index (κ2) is 6.29. The van der Waals surface area contributed by atoms with Gasteiger partial charge in [0.15, 0.2) is 0 Å². The van der Waals surface area contributed by atoms with Crippen LogP contribution in [-0.2, 0) is 0 Å². The van der Waals surface area contributed by atoms with Gasteiger partial charge in [-0.05, 0) is 62.3 Å². The smallest absolute Gasteiger partial charge is 0.119 e. The molecule has 0 spiro atoms. The van der Waals surface area contributed by atoms with Crippen molar-refractivity contribution in [2.75, 3.05) is 13.7 Å². The molecule has 0 aliphatic heterocycles. The highest BCUT2D eigenvalue weighted by Crippen LogP contribution is 2.32. The molecular formula is C16H25NO2. The molecule has 0 atom stereocenters. The summed E-state index contributed by atoms with van der Waals surface area (Å²) in [4.78, 5) is 0. The van der Waals surface area contributed by atoms with E-state index in [9.17, 15) is 0 Å². The minimum Gasteiger partial charge on any atom is -0.497 e. The van der Waals surface area contributed by atoms with Gasteiger partial charge in [-0.3, -0.25) is 0 Å². The van der Waals surface area contributed by atoms with E-state index in [1.54, 1.807) is 7.11 Å². The van der Waals surface area contributed by atoms with Crippen molar-refractivity contribution in [3.05, 3.63) is 24.3 Å². The van der Waals surface area contributed by atoms with Crippen LogP contribution in [0.4, 0.5) is 0 Å². The summed E-state index contributed by atoms with van der Waals surface area (Å²) in [5.74, 6) is 2.57. The standard InChI is InChI=1S/C16H25NO2/c1-13-7-9-16(17,10-8-13)11-12-19-15-5-3-14(18-2)4-6-15/h3-6,13H,7-12,17H2,1-2H3. The van der Waals surface area contributed by atoms with E-state index >= 15 is 0 Å². The van der Waals surface area contributed by atoms with E-state index < -0.39 is 0 Å². The highest BCUT2D eigenvalue weighted by atomic mass is 16.5. The third-order valence-corrected chi connectivity index (χ3v) is 4.20. The van der Waals surface area contributed by atoms with Crippen LogP contribution < -0.4 is 15.2 Å². The molecule has 0 aromatic heterocycles. The first kappa shape index (κ1) is 14.2. The van der Waals surface area contributed by atoms with Gasteiger partial charge in [-0.2, -0.15) is 0 Å². The fourth-order valence-electron chi connectivity index (χ4n) is 2.63. The Kier molecular flexibility index (Phi) is 4.70. The maximum Gasteiger partial charge on any atom is 0.119 e. The molecule has 2 rings (SSSR count). The lowest BCUT2D eigenvalue weighted by atomic mass is 9.76. The lowest BCUT2D eigenvalue weighted by Gasteiger charge is -2.36. The first-order chi connectivity index (χ1) is 9.11. The Balaban J connectivity index is 1.76. The molecule has 3 heteroatoms. The number of benzene rings is 1. The molecule has 0 unspecified atom stereocenters. The Morgan fingerprint density at radius 2 is 1.74 bits per heavy atom. The van der Waals surface area contributed by atoms with E-state index in [0.29, 0.717) is 6.61 Å². The minimum absolute atomic E-state index is 0.0149. The van der Waals surface area contributed by atoms with Gasteiger partial charge in [-0.15, -0.1) is 0 Å². The summed E-state index contributed by atoms with van der Waals surface area (Å²) in [7, 11) is 1.66. The van der Waals surface area contributed by atoms with Crippen molar-refractivity contribution < 1.29 is 9.47 Å². The SMILES string of the molecule is COc1ccc(OCCC2(N)CCC(C)CC2)cc1. The third-order valence-electron chi connectivity index (χ3n) is 4.20. The van der Waals surface area contributed by atoms with Crippen molar-refractivity contribution in [1.82, 2.24) is 0 Å². The van der Waals surface area contributed by atoms with Gasteiger partial charge in [0.25, 0.3) is 0 Å². The van der Waals surface area contributed by atoms with Crippen LogP contribution >= 0.6 is 0 Å². The van der Waals surface area contributed by atoms with Crippen molar-refractivity contribution >= 4 is 0 Å². The fraction of sp³-hybridized carbons (Fsp3) is 0.625. The Labute approximate surface area is 116 Å². The molecule has 2 N–H and O–H groups in total. The second-order valence-electron chi connectivity index (χ2n) is 5.82. The van der Waals surface area contributed by atoms with Gasteiger partial charge in [0, 0.05) is 5.54 Å². The molecule has 0 heterocycles. The van der Waals surface area contributed by atoms with Crippen LogP contribution in [0.5, 0.6) is 11.5 Å². The molecule has 0 bridgehead atoms. The molecule has 1 fully saturated rings. The van der Waals surface area contributed by atoms with Crippen molar-refractivity contribution in [2.45, 2.75) is 44.6 Å². The zero-order valence-corrected chi connectivity index (χ0v) is 12.0. The molecule has 106 valence electrons. The molecule has 19 heavy (non-hydrogen) atoms. The Hall–Kier alpha value is -1.22. The van der Waals surface area contributed by atoms with E-state index in [-0.39, 0.29) is 5.54 Å². The minimum atomic E-state index is -0.0149. The average molecular weight is 263 g/mol. The first-order valence-corrected chi connectivity index (χ1v) is 7.17. The normalized spacial score (nSPS) is 27.0. The highest BCUT2D eigenvalue weighted by Gasteiger charge is 2.29. The van der Waals surface area contributed by atoms with E-state index in [2.05, 4.69) is 6.92 Å². The molecule has 1 saturated carbocycles. The molecule has 1 aromatic rings. The largest absolute Gasteiger partial charge is 0.497 e. The maximum atomic E-state index is 6.43. The van der Waals surface area contributed by atoms with Gasteiger partial charge in [0.1, 0.15) is 11.5 Å². The summed E-state index contributed by atoms with van der Waals surface area (Å²) in [6, 6.07) is 7.70. The number of hydrogen-bond acceptors (Lipinski definition) is 3. The van der Waals surface area contributed by atoms with Gasteiger partial charge < -0.3 is 15.2 Å². The van der Waals surface area contributed by atoms with E-state index in [1.165, 1.54) is 12.8 Å². The quantitative estimate of drug-likeness (QED) is 0.885. The molecule has 1 aliphatic carbocycles. The van der Waals surface area contributed by atoms with Crippen molar-refractivity contribution in [3.8, 4) is 11.5 Å². The fourth-order valence-corrected chi connectivity index (χ4v) is 2.63. The van der Waals surface area contributed by atoms with Crippen molar-refractivity contribution in [3.63, 3.8) is 0 Å². The monoisotopic (exact) mass is 263 g/mol. The summed E-state index contributed by atoms with van der Waals surface area (Å²) in [5, 5.41) is 0. The van der Waals surface area contributed by atoms with Gasteiger partial charge in [-0.1, -0.05) is 6.92 Å². The average Bonchev–Trinajstić information content (AvgIpc) is 2.43. The van der Waals surface area contributed by atoms with E-state index in [1.807, 2.05) is 24.3 Å². The predicted molar refractivity (Wildman–Crippen MR) is 77.7 cm³/mol. The highest BCUT2D eigenvalue weighted by molar-refractivity contribution is 5.31. The first-order valence-electron chi connectivity index (χ1n) is 7.17. The van der Waals surface area contributed by atoms with Crippen LogP contribution in [0.3, 0.4) is 0 Å². The topological polar surface area (TPSA) is 44.5 Å². The number of hydrogen-bond donors (Lipinski definition) is 1. The Morgan fingerprint density at radius 3 is 2.32 bits per heavy atom. The summed E-state index contributed by atoms with van der Waals surface area (Å²) in [6.07, 6.45) is 5.68. The predicted octanol–water partition coefficient (Wildman–Crippen LogP) is 3.37. The summed E-state index contributed by atoms with van der Waals surface area (Å²) >= 11 is 0. The molecule has 1 aromatic carbocycles. The van der Waals surface area contributed by atoms with Gasteiger partial charge in [0.2, 0.25) is 0 Å². The lowest BCUT2D eigenvalue weighted by molar-refractivity contribution is 0.191. The number of methoxy groups -OCH3 is 1. The Morgan fingerprint density at radius 1 is 1.16 bits per heavy atom. The second-order valence-corrected chi connectivity index (χ2v) is 5.82. The summed E-state index contributed by atoms with van der Waals surface area (Å²) in [5.41, 5.74) is 6.42. The van der Waals surface area contributed by atoms with Gasteiger partial charge >= 0.3 is 0 Å². The molecule has 0 amide bonds. The molecule has 0 saturated heterocycles. The molecule has 1 aliphatic rings. The number of ether oxygens (including phenoxy) is 2. The van der Waals surface area contributed by atoms with Crippen molar-refractivity contribution in [1.29, 1.82) is 0 Å². The van der Waals surface area contributed by atoms with Gasteiger partial charge in [-0.25, -0.2) is 0 Å². The zero-order chi connectivity index (χ0) is 13.7. The number of nitrogens with two attached hydrogens (primary N) is 1. The van der Waals surface area contributed by atoms with Gasteiger partial charge in [0.05, 0.1) is 13.7 Å². The van der Waals surface area contributed by atoms with E-state index in [4.69, 9.17) is 15.2 Å². The molecule has 3 nitrogen and oxygen atoms in total. The number of rotatable bonds is 5. The van der Waals surface area contributed by atoms with Crippen LogP contribution in [0, 0.1) is 5.92 Å². The molecule has 0 radical (unpaired) electrons. The van der Waals surface area contributed by atoms with Crippen LogP contribution in [0.2, 0.25) is 0 Å².